The molecule has 100 valence electrons. The van der Waals surface area contributed by atoms with Crippen molar-refractivity contribution in [1.29, 1.82) is 0 Å². The van der Waals surface area contributed by atoms with Gasteiger partial charge in [-0.1, -0.05) is 0 Å². The first-order valence-corrected chi connectivity index (χ1v) is 6.34. The number of piperidine rings is 1. The monoisotopic (exact) mass is 252 g/mol. The number of carbonyl (C=O) groups excluding carboxylic acids is 1. The fourth-order valence-electron chi connectivity index (χ4n) is 2.33. The van der Waals surface area contributed by atoms with Crippen molar-refractivity contribution >= 4 is 6.03 Å². The summed E-state index contributed by atoms with van der Waals surface area (Å²) in [6, 6.07) is -0.153. The Morgan fingerprint density at radius 1 is 1.56 bits per heavy atom. The largest absolute Gasteiger partial charge is 0.341 e. The summed E-state index contributed by atoms with van der Waals surface area (Å²) in [7, 11) is 1.45. The maximum absolute atomic E-state index is 11.6. The molecule has 0 bridgehead atoms. The van der Waals surface area contributed by atoms with E-state index in [1.54, 1.807) is 4.90 Å². The van der Waals surface area contributed by atoms with Crippen molar-refractivity contribution in [3.05, 3.63) is 18.0 Å². The number of amides is 2. The van der Waals surface area contributed by atoms with Crippen LogP contribution in [0.3, 0.4) is 0 Å². The van der Waals surface area contributed by atoms with E-state index in [0.29, 0.717) is 5.92 Å². The summed E-state index contributed by atoms with van der Waals surface area (Å²) in [5, 5.41) is 4.30. The molecule has 0 spiro atoms. The smallest absolute Gasteiger partial charge is 0.323 e. The van der Waals surface area contributed by atoms with E-state index >= 15 is 0 Å². The zero-order chi connectivity index (χ0) is 13.0. The number of urea groups is 1. The number of aromatic nitrogens is 2. The number of hydrogen-bond acceptors (Lipinski definition) is 3. The zero-order valence-electron chi connectivity index (χ0n) is 10.9. The van der Waals surface area contributed by atoms with Crippen molar-refractivity contribution in [2.24, 2.45) is 0 Å². The van der Waals surface area contributed by atoms with Crippen LogP contribution in [-0.4, -0.2) is 40.9 Å². The maximum Gasteiger partial charge on any atom is 0.341 e. The summed E-state index contributed by atoms with van der Waals surface area (Å²) < 4.78 is 1.94. The Balaban J connectivity index is 1.88. The molecule has 0 radical (unpaired) electrons. The van der Waals surface area contributed by atoms with Gasteiger partial charge in [-0.05, 0) is 31.2 Å². The van der Waals surface area contributed by atoms with Crippen molar-refractivity contribution < 1.29 is 9.63 Å². The van der Waals surface area contributed by atoms with E-state index < -0.39 is 0 Å². The number of hydroxylamine groups is 1. The van der Waals surface area contributed by atoms with Crippen LogP contribution in [0.25, 0.3) is 0 Å². The molecule has 18 heavy (non-hydrogen) atoms. The summed E-state index contributed by atoms with van der Waals surface area (Å²) >= 11 is 0. The topological polar surface area (TPSA) is 59.4 Å². The normalized spacial score (nSPS) is 16.9. The Morgan fingerprint density at radius 2 is 2.28 bits per heavy atom. The van der Waals surface area contributed by atoms with E-state index in [0.717, 1.165) is 32.5 Å². The number of rotatable bonds is 3. The van der Waals surface area contributed by atoms with Crippen molar-refractivity contribution in [1.82, 2.24) is 20.2 Å². The van der Waals surface area contributed by atoms with E-state index in [9.17, 15) is 4.79 Å². The van der Waals surface area contributed by atoms with Crippen LogP contribution in [0.1, 0.15) is 31.2 Å². The van der Waals surface area contributed by atoms with Crippen LogP contribution in [0, 0.1) is 0 Å². The number of aryl methyl sites for hydroxylation is 1. The van der Waals surface area contributed by atoms with E-state index in [1.807, 2.05) is 10.9 Å². The van der Waals surface area contributed by atoms with Crippen LogP contribution in [0.2, 0.25) is 0 Å². The van der Waals surface area contributed by atoms with E-state index in [1.165, 1.54) is 12.7 Å². The zero-order valence-corrected chi connectivity index (χ0v) is 10.9. The van der Waals surface area contributed by atoms with Gasteiger partial charge in [0.05, 0.1) is 13.3 Å². The van der Waals surface area contributed by atoms with E-state index in [-0.39, 0.29) is 6.03 Å². The quantitative estimate of drug-likeness (QED) is 0.826. The second kappa shape index (κ2) is 5.86. The van der Waals surface area contributed by atoms with Crippen molar-refractivity contribution in [3.8, 4) is 0 Å². The highest BCUT2D eigenvalue weighted by Crippen LogP contribution is 2.27. The minimum atomic E-state index is -0.153. The Hall–Kier alpha value is -1.56. The fourth-order valence-corrected chi connectivity index (χ4v) is 2.33. The lowest BCUT2D eigenvalue weighted by Crippen LogP contribution is -2.43. The Bertz CT molecular complexity index is 397. The van der Waals surface area contributed by atoms with E-state index in [2.05, 4.69) is 28.5 Å². The molecule has 1 aliphatic rings. The highest BCUT2D eigenvalue weighted by atomic mass is 16.6. The molecule has 1 N–H and O–H groups in total. The minimum absolute atomic E-state index is 0.153. The maximum atomic E-state index is 11.6. The standard InChI is InChI=1S/C12H20N4O2/c1-3-16-9-11(8-13-16)10-4-6-15(7-5-10)12(17)14-18-2/h8-10H,3-7H2,1-2H3,(H,14,17). The van der Waals surface area contributed by atoms with Crippen LogP contribution in [0.5, 0.6) is 0 Å². The first-order valence-electron chi connectivity index (χ1n) is 6.34. The number of likely N-dealkylation sites (tertiary alicyclic amines) is 1. The summed E-state index contributed by atoms with van der Waals surface area (Å²) in [5.74, 6) is 0.511. The van der Waals surface area contributed by atoms with Gasteiger partial charge in [-0.25, -0.2) is 10.3 Å². The molecule has 1 saturated heterocycles. The summed E-state index contributed by atoms with van der Waals surface area (Å²) in [6.45, 7) is 4.50. The highest BCUT2D eigenvalue weighted by molar-refractivity contribution is 5.73. The molecular weight excluding hydrogens is 232 g/mol. The number of nitrogens with one attached hydrogen (secondary N) is 1. The number of nitrogens with zero attached hydrogens (tertiary/aromatic N) is 3. The summed E-state index contributed by atoms with van der Waals surface area (Å²) in [6.07, 6.45) is 6.01. The molecule has 2 amide bonds. The van der Waals surface area contributed by atoms with Gasteiger partial charge >= 0.3 is 6.03 Å². The van der Waals surface area contributed by atoms with Crippen LogP contribution >= 0.6 is 0 Å². The highest BCUT2D eigenvalue weighted by Gasteiger charge is 2.24. The summed E-state index contributed by atoms with van der Waals surface area (Å²) in [5.41, 5.74) is 3.63. The molecule has 1 aliphatic heterocycles. The van der Waals surface area contributed by atoms with Gasteiger partial charge < -0.3 is 4.90 Å². The molecule has 1 aromatic heterocycles. The van der Waals surface area contributed by atoms with Gasteiger partial charge in [-0.2, -0.15) is 5.10 Å². The average molecular weight is 252 g/mol. The molecule has 0 unspecified atom stereocenters. The lowest BCUT2D eigenvalue weighted by Gasteiger charge is -2.31. The predicted molar refractivity (Wildman–Crippen MR) is 67.0 cm³/mol. The summed E-state index contributed by atoms with van der Waals surface area (Å²) in [4.78, 5) is 18.0. The Morgan fingerprint density at radius 3 is 2.83 bits per heavy atom. The molecule has 1 aromatic rings. The Labute approximate surface area is 107 Å². The predicted octanol–water partition coefficient (Wildman–Crippen LogP) is 1.35. The lowest BCUT2D eigenvalue weighted by atomic mass is 9.92. The van der Waals surface area contributed by atoms with Gasteiger partial charge in [0.2, 0.25) is 0 Å². The van der Waals surface area contributed by atoms with Gasteiger partial charge in [-0.3, -0.25) is 9.52 Å². The minimum Gasteiger partial charge on any atom is -0.323 e. The van der Waals surface area contributed by atoms with Crippen molar-refractivity contribution in [2.75, 3.05) is 20.2 Å². The fraction of sp³-hybridized carbons (Fsp3) is 0.667. The third kappa shape index (κ3) is 2.81. The molecule has 0 saturated carbocycles. The molecule has 2 rings (SSSR count). The number of carbonyl (C=O) groups is 1. The first kappa shape index (κ1) is 12.9. The lowest BCUT2D eigenvalue weighted by molar-refractivity contribution is 0.0818. The third-order valence-corrected chi connectivity index (χ3v) is 3.42. The number of hydrogen-bond donors (Lipinski definition) is 1. The van der Waals surface area contributed by atoms with Crippen LogP contribution < -0.4 is 5.48 Å². The van der Waals surface area contributed by atoms with Crippen LogP contribution in [-0.2, 0) is 11.4 Å². The molecule has 0 aliphatic carbocycles. The van der Waals surface area contributed by atoms with Gasteiger partial charge in [-0.15, -0.1) is 0 Å². The molecule has 1 fully saturated rings. The second-order valence-electron chi connectivity index (χ2n) is 4.50. The van der Waals surface area contributed by atoms with Crippen molar-refractivity contribution in [3.63, 3.8) is 0 Å². The van der Waals surface area contributed by atoms with E-state index in [4.69, 9.17) is 0 Å². The molecule has 6 nitrogen and oxygen atoms in total. The third-order valence-electron chi connectivity index (χ3n) is 3.42. The van der Waals surface area contributed by atoms with Crippen molar-refractivity contribution in [2.45, 2.75) is 32.2 Å². The van der Waals surface area contributed by atoms with Crippen LogP contribution in [0.15, 0.2) is 12.4 Å². The van der Waals surface area contributed by atoms with Crippen LogP contribution in [0.4, 0.5) is 4.79 Å². The molecular formula is C12H20N4O2. The van der Waals surface area contributed by atoms with Gasteiger partial charge in [0.25, 0.3) is 0 Å². The molecule has 0 aromatic carbocycles. The average Bonchev–Trinajstić information content (AvgIpc) is 2.88. The first-order chi connectivity index (χ1) is 8.74. The Kier molecular flexibility index (Phi) is 4.19. The molecule has 0 atom stereocenters. The SMILES string of the molecule is CCn1cc(C2CCN(C(=O)NOC)CC2)cn1. The van der Waals surface area contributed by atoms with Gasteiger partial charge in [0.1, 0.15) is 0 Å². The molecule has 2 heterocycles. The van der Waals surface area contributed by atoms with Gasteiger partial charge in [0.15, 0.2) is 0 Å². The van der Waals surface area contributed by atoms with Gasteiger partial charge in [0, 0.05) is 25.8 Å². The second-order valence-corrected chi connectivity index (χ2v) is 4.50. The molecule has 6 heteroatoms.